The molecule has 0 saturated carbocycles. The number of ether oxygens (including phenoxy) is 1. The second kappa shape index (κ2) is 9.97. The zero-order valence-corrected chi connectivity index (χ0v) is 21.3. The fourth-order valence-corrected chi connectivity index (χ4v) is 5.68. The predicted molar refractivity (Wildman–Crippen MR) is 140 cm³/mol. The Hall–Kier alpha value is -3.32. The Balaban J connectivity index is 1.87. The number of nitriles is 1. The number of aliphatic hydroxyl groups is 1. The van der Waals surface area contributed by atoms with E-state index in [1.165, 1.54) is 13.0 Å². The molecule has 1 fully saturated rings. The maximum atomic E-state index is 15.9. The Morgan fingerprint density at radius 2 is 2.03 bits per heavy atom. The molecule has 6 nitrogen and oxygen atoms in total. The second-order valence-electron chi connectivity index (χ2n) is 9.06. The maximum absolute atomic E-state index is 15.9. The van der Waals surface area contributed by atoms with Crippen LogP contribution in [-0.4, -0.2) is 35.0 Å². The highest BCUT2D eigenvalue weighted by Gasteiger charge is 2.30. The molecule has 3 N–H and O–H groups in total. The minimum Gasteiger partial charge on any atom is -0.391 e. The molecule has 0 amide bonds. The summed E-state index contributed by atoms with van der Waals surface area (Å²) in [5.41, 5.74) is 7.81. The average Bonchev–Trinajstić information content (AvgIpc) is 3.55. The van der Waals surface area contributed by atoms with E-state index in [9.17, 15) is 14.8 Å². The Morgan fingerprint density at radius 3 is 2.64 bits per heavy atom. The molecule has 1 aromatic carbocycles. The predicted octanol–water partition coefficient (Wildman–Crippen LogP) is 3.64. The van der Waals surface area contributed by atoms with Crippen molar-refractivity contribution in [1.29, 1.82) is 5.26 Å². The quantitative estimate of drug-likeness (QED) is 0.484. The molecule has 188 valence electrons. The number of β-amino-alcohol motifs (C(OH)–C–C–N with tert-alkyl or cyclic N) is 1. The number of hydrogen-bond acceptors (Lipinski definition) is 6. The van der Waals surface area contributed by atoms with Crippen molar-refractivity contribution in [2.24, 2.45) is 10.9 Å². The Morgan fingerprint density at radius 1 is 1.33 bits per heavy atom. The van der Waals surface area contributed by atoms with Crippen LogP contribution in [0.3, 0.4) is 0 Å². The number of allylic oxidation sites excluding steroid dienone is 1. The molecule has 1 aromatic heterocycles. The van der Waals surface area contributed by atoms with Crippen LogP contribution in [0, 0.1) is 23.1 Å². The zero-order chi connectivity index (χ0) is 26.3. The summed E-state index contributed by atoms with van der Waals surface area (Å²) in [5.74, 6) is -0.350. The van der Waals surface area contributed by atoms with E-state index in [2.05, 4.69) is 18.2 Å². The van der Waals surface area contributed by atoms with Gasteiger partial charge in [-0.1, -0.05) is 26.2 Å². The Labute approximate surface area is 212 Å². The highest BCUT2D eigenvalue weighted by molar-refractivity contribution is 7.17. The van der Waals surface area contributed by atoms with Crippen molar-refractivity contribution in [3.63, 3.8) is 0 Å². The number of nitrogen functional groups attached to an aromatic ring is 1. The third-order valence-corrected chi connectivity index (χ3v) is 7.85. The summed E-state index contributed by atoms with van der Waals surface area (Å²) in [7, 11) is 0. The number of fused-ring (bicyclic) bond motifs is 1. The van der Waals surface area contributed by atoms with E-state index in [-0.39, 0.29) is 56.5 Å². The molecule has 9 heteroatoms. The minimum absolute atomic E-state index is 0.0626. The summed E-state index contributed by atoms with van der Waals surface area (Å²) in [6.45, 7) is 14.9. The van der Waals surface area contributed by atoms with Gasteiger partial charge in [0, 0.05) is 46.8 Å². The number of likely N-dealkylation sites (tertiary alicyclic amines) is 1. The largest absolute Gasteiger partial charge is 0.391 e. The van der Waals surface area contributed by atoms with Gasteiger partial charge < -0.3 is 20.5 Å². The van der Waals surface area contributed by atoms with Crippen molar-refractivity contribution in [1.82, 2.24) is 4.90 Å². The van der Waals surface area contributed by atoms with Crippen molar-refractivity contribution < 1.29 is 18.6 Å². The van der Waals surface area contributed by atoms with E-state index >= 15 is 4.39 Å². The molecule has 0 spiro atoms. The molecule has 3 heterocycles. The van der Waals surface area contributed by atoms with Gasteiger partial charge in [-0.25, -0.2) is 13.8 Å². The van der Waals surface area contributed by atoms with Crippen molar-refractivity contribution in [2.45, 2.75) is 40.1 Å². The van der Waals surface area contributed by atoms with E-state index in [1.807, 2.05) is 24.8 Å². The first-order valence-corrected chi connectivity index (χ1v) is 12.3. The molecular weight excluding hydrogens is 482 g/mol. The Bertz CT molecular complexity index is 1460. The van der Waals surface area contributed by atoms with Gasteiger partial charge >= 0.3 is 0 Å². The van der Waals surface area contributed by atoms with Gasteiger partial charge in [0.2, 0.25) is 0 Å². The molecule has 2 aliphatic rings. The molecule has 2 aromatic rings. The molecule has 1 saturated heterocycles. The van der Waals surface area contributed by atoms with Gasteiger partial charge in [-0.15, -0.1) is 11.3 Å². The monoisotopic (exact) mass is 510 g/mol. The van der Waals surface area contributed by atoms with Gasteiger partial charge in [-0.3, -0.25) is 0 Å². The van der Waals surface area contributed by atoms with Crippen LogP contribution in [-0.2, 0) is 18.0 Å². The van der Waals surface area contributed by atoms with E-state index in [1.54, 1.807) is 6.20 Å². The number of benzene rings is 1. The number of nitrogens with two attached hydrogens (primary N) is 1. The van der Waals surface area contributed by atoms with Crippen LogP contribution in [0.5, 0.6) is 0 Å². The second-order valence-corrected chi connectivity index (χ2v) is 10.1. The van der Waals surface area contributed by atoms with Crippen LogP contribution in [0.2, 0.25) is 0 Å². The maximum Gasteiger partial charge on any atom is 0.138 e. The van der Waals surface area contributed by atoms with E-state index in [4.69, 9.17) is 10.5 Å². The van der Waals surface area contributed by atoms with Gasteiger partial charge in [-0.05, 0) is 30.5 Å². The highest BCUT2D eigenvalue weighted by Crippen LogP contribution is 2.43. The molecule has 2 atom stereocenters. The lowest BCUT2D eigenvalue weighted by molar-refractivity contribution is 0.134. The molecule has 4 rings (SSSR count). The van der Waals surface area contributed by atoms with E-state index < -0.39 is 17.7 Å². The lowest BCUT2D eigenvalue weighted by atomic mass is 9.89. The SMILES string of the molecule is C=C(c1c(/C(F)=C\C)sc(N)c1C#N)c1c2c(/c(=C/N=C(C)N3CC(C)C(O)C3)c(=C)c1F)COC2. The number of halogens is 2. The standard InChI is InChI=1S/C27H28F2N4O2S/c1-6-21(28)26-24(17(7-30)27(31)36-26)15(4)23-20-12-35-11-19(20)18(14(3)25(23)29)8-32-16(5)33-9-13(2)22(34)10-33/h6,8,13,22,34H,3-4,9-12,31H2,1-2,5H3/b18-8+,21-6+,32-16?. The van der Waals surface area contributed by atoms with Crippen LogP contribution in [0.15, 0.2) is 17.6 Å². The smallest absolute Gasteiger partial charge is 0.138 e. The van der Waals surface area contributed by atoms with Crippen LogP contribution in [0.25, 0.3) is 24.2 Å². The molecule has 0 bridgehead atoms. The van der Waals surface area contributed by atoms with Crippen molar-refractivity contribution in [2.75, 3.05) is 18.8 Å². The summed E-state index contributed by atoms with van der Waals surface area (Å²) in [4.78, 5) is 6.66. The van der Waals surface area contributed by atoms with Crippen LogP contribution in [0.1, 0.15) is 53.5 Å². The number of hydrogen-bond donors (Lipinski definition) is 2. The van der Waals surface area contributed by atoms with E-state index in [0.29, 0.717) is 29.7 Å². The molecule has 36 heavy (non-hydrogen) atoms. The van der Waals surface area contributed by atoms with Gasteiger partial charge in [0.15, 0.2) is 0 Å². The number of anilines is 1. The van der Waals surface area contributed by atoms with Gasteiger partial charge in [-0.2, -0.15) is 5.26 Å². The van der Waals surface area contributed by atoms with Gasteiger partial charge in [0.25, 0.3) is 0 Å². The summed E-state index contributed by atoms with van der Waals surface area (Å²) in [6.07, 6.45) is 2.42. The first-order valence-electron chi connectivity index (χ1n) is 11.5. The summed E-state index contributed by atoms with van der Waals surface area (Å²) >= 11 is 0.927. The van der Waals surface area contributed by atoms with Crippen LogP contribution < -0.4 is 16.2 Å². The molecule has 0 radical (unpaired) electrons. The van der Waals surface area contributed by atoms with Crippen molar-refractivity contribution in [3.8, 4) is 6.07 Å². The first-order chi connectivity index (χ1) is 17.1. The molecule has 2 unspecified atom stereocenters. The van der Waals surface area contributed by atoms with Crippen molar-refractivity contribution in [3.05, 3.63) is 61.6 Å². The summed E-state index contributed by atoms with van der Waals surface area (Å²) in [6, 6.07) is 2.01. The average molecular weight is 511 g/mol. The van der Waals surface area contributed by atoms with Crippen LogP contribution in [0.4, 0.5) is 13.8 Å². The normalized spacial score (nSPS) is 20.7. The number of thiophene rings is 1. The molecule has 2 aliphatic heterocycles. The number of nitrogens with zero attached hydrogens (tertiary/aromatic N) is 3. The number of aliphatic imine (C=N–C) groups is 1. The first kappa shape index (κ1) is 25.8. The number of rotatable bonds is 4. The number of aliphatic hydroxyl groups excluding tert-OH is 1. The van der Waals surface area contributed by atoms with Gasteiger partial charge in [0.1, 0.15) is 28.6 Å². The fourth-order valence-electron chi connectivity index (χ4n) is 4.67. The summed E-state index contributed by atoms with van der Waals surface area (Å²) < 4.78 is 36.3. The van der Waals surface area contributed by atoms with Gasteiger partial charge in [0.05, 0.1) is 29.8 Å². The summed E-state index contributed by atoms with van der Waals surface area (Å²) in [5, 5.41) is 20.5. The minimum atomic E-state index is -0.630. The molecule has 0 aliphatic carbocycles. The third kappa shape index (κ3) is 4.26. The van der Waals surface area contributed by atoms with E-state index in [0.717, 1.165) is 16.9 Å². The molecular formula is C27H28F2N4O2S. The highest BCUT2D eigenvalue weighted by atomic mass is 32.1. The third-order valence-electron chi connectivity index (χ3n) is 6.83. The fraction of sp³-hybridized carbons (Fsp3) is 0.333. The van der Waals surface area contributed by atoms with Crippen molar-refractivity contribution >= 4 is 46.4 Å². The lowest BCUT2D eigenvalue weighted by Gasteiger charge is -2.16. The number of amidine groups is 1. The lowest BCUT2D eigenvalue weighted by Crippen LogP contribution is -2.33. The zero-order valence-electron chi connectivity index (χ0n) is 20.5. The Kier molecular flexibility index (Phi) is 7.14. The van der Waals surface area contributed by atoms with Crippen LogP contribution >= 0.6 is 11.3 Å². The topological polar surface area (TPSA) is 94.9 Å².